The van der Waals surface area contributed by atoms with Crippen molar-refractivity contribution in [3.63, 3.8) is 0 Å². The summed E-state index contributed by atoms with van der Waals surface area (Å²) in [5, 5.41) is 3.31. The van der Waals surface area contributed by atoms with Gasteiger partial charge in [-0.15, -0.1) is 0 Å². The zero-order valence-electron chi connectivity index (χ0n) is 13.4. The van der Waals surface area contributed by atoms with Crippen LogP contribution in [0.15, 0.2) is 18.5 Å². The van der Waals surface area contributed by atoms with Gasteiger partial charge in [-0.25, -0.2) is 0 Å². The summed E-state index contributed by atoms with van der Waals surface area (Å²) in [6.45, 7) is 8.24. The van der Waals surface area contributed by atoms with Crippen LogP contribution in [0.2, 0.25) is 0 Å². The molecule has 116 valence electrons. The van der Waals surface area contributed by atoms with Gasteiger partial charge in [-0.05, 0) is 37.7 Å². The topological polar surface area (TPSA) is 45.2 Å². The highest BCUT2D eigenvalue weighted by Crippen LogP contribution is 2.30. The van der Waals surface area contributed by atoms with Crippen LogP contribution in [-0.2, 0) is 0 Å². The first-order valence-corrected chi connectivity index (χ1v) is 8.12. The Balaban J connectivity index is 2.12. The number of rotatable bonds is 8. The summed E-state index contributed by atoms with van der Waals surface area (Å²) in [4.78, 5) is 19.1. The largest absolute Gasteiger partial charge is 0.383 e. The van der Waals surface area contributed by atoms with E-state index in [1.54, 1.807) is 12.4 Å². The van der Waals surface area contributed by atoms with Gasteiger partial charge in [0.25, 0.3) is 5.91 Å². The molecule has 0 saturated heterocycles. The number of carbonyl (C=O) groups is 1. The van der Waals surface area contributed by atoms with Crippen molar-refractivity contribution >= 4 is 11.6 Å². The monoisotopic (exact) mass is 289 g/mol. The highest BCUT2D eigenvalue weighted by Gasteiger charge is 2.33. The van der Waals surface area contributed by atoms with Crippen LogP contribution < -0.4 is 5.32 Å². The molecule has 1 fully saturated rings. The Kier molecular flexibility index (Phi) is 5.59. The summed E-state index contributed by atoms with van der Waals surface area (Å²) >= 11 is 0. The first kappa shape index (κ1) is 15.8. The average Bonchev–Trinajstić information content (AvgIpc) is 3.30. The van der Waals surface area contributed by atoms with Gasteiger partial charge in [-0.3, -0.25) is 9.78 Å². The van der Waals surface area contributed by atoms with Crippen molar-refractivity contribution < 1.29 is 4.79 Å². The zero-order valence-corrected chi connectivity index (χ0v) is 13.4. The minimum atomic E-state index is 0.152. The zero-order chi connectivity index (χ0) is 15.2. The van der Waals surface area contributed by atoms with E-state index in [0.717, 1.165) is 50.0 Å². The number of hydrogen-bond donors (Lipinski definition) is 1. The van der Waals surface area contributed by atoms with E-state index in [0.29, 0.717) is 12.0 Å². The van der Waals surface area contributed by atoms with Crippen molar-refractivity contribution in [2.75, 3.05) is 18.4 Å². The molecule has 2 rings (SSSR count). The molecule has 1 aliphatic carbocycles. The van der Waals surface area contributed by atoms with Gasteiger partial charge in [-0.1, -0.05) is 20.8 Å². The lowest BCUT2D eigenvalue weighted by Crippen LogP contribution is -2.35. The second-order valence-electron chi connectivity index (χ2n) is 6.26. The van der Waals surface area contributed by atoms with Gasteiger partial charge in [0.1, 0.15) is 0 Å². The first-order chi connectivity index (χ1) is 10.1. The summed E-state index contributed by atoms with van der Waals surface area (Å²) in [6.07, 6.45) is 7.85. The SMILES string of the molecule is CCCNc1cnccc1C(=O)N(CCC(C)C)C1CC1. The van der Waals surface area contributed by atoms with E-state index in [-0.39, 0.29) is 5.91 Å². The minimum absolute atomic E-state index is 0.152. The van der Waals surface area contributed by atoms with Crippen molar-refractivity contribution in [3.05, 3.63) is 24.0 Å². The molecule has 21 heavy (non-hydrogen) atoms. The Bertz CT molecular complexity index is 469. The number of anilines is 1. The maximum atomic E-state index is 12.9. The number of nitrogens with one attached hydrogen (secondary N) is 1. The van der Waals surface area contributed by atoms with E-state index in [9.17, 15) is 4.79 Å². The second kappa shape index (κ2) is 7.43. The number of hydrogen-bond acceptors (Lipinski definition) is 3. The number of carbonyl (C=O) groups excluding carboxylic acids is 1. The van der Waals surface area contributed by atoms with Gasteiger partial charge < -0.3 is 10.2 Å². The summed E-state index contributed by atoms with van der Waals surface area (Å²) in [5.41, 5.74) is 1.62. The van der Waals surface area contributed by atoms with Crippen LogP contribution in [-0.4, -0.2) is 34.9 Å². The molecule has 0 unspecified atom stereocenters. The van der Waals surface area contributed by atoms with Gasteiger partial charge in [0.15, 0.2) is 0 Å². The maximum absolute atomic E-state index is 12.9. The molecule has 1 heterocycles. The van der Waals surface area contributed by atoms with Gasteiger partial charge in [0.05, 0.1) is 17.4 Å². The maximum Gasteiger partial charge on any atom is 0.256 e. The Morgan fingerprint density at radius 1 is 1.48 bits per heavy atom. The van der Waals surface area contributed by atoms with Gasteiger partial charge in [-0.2, -0.15) is 0 Å². The van der Waals surface area contributed by atoms with Crippen LogP contribution in [0.4, 0.5) is 5.69 Å². The fraction of sp³-hybridized carbons (Fsp3) is 0.647. The Morgan fingerprint density at radius 2 is 2.24 bits per heavy atom. The third-order valence-corrected chi connectivity index (χ3v) is 3.81. The summed E-state index contributed by atoms with van der Waals surface area (Å²) < 4.78 is 0. The molecule has 0 aliphatic heterocycles. The van der Waals surface area contributed by atoms with Crippen LogP contribution in [0, 0.1) is 5.92 Å². The highest BCUT2D eigenvalue weighted by atomic mass is 16.2. The Hall–Kier alpha value is -1.58. The Labute approximate surface area is 127 Å². The van der Waals surface area contributed by atoms with Crippen molar-refractivity contribution in [2.24, 2.45) is 5.92 Å². The smallest absolute Gasteiger partial charge is 0.256 e. The van der Waals surface area contributed by atoms with E-state index in [4.69, 9.17) is 0 Å². The van der Waals surface area contributed by atoms with E-state index in [1.807, 2.05) is 6.07 Å². The molecule has 0 atom stereocenters. The van der Waals surface area contributed by atoms with E-state index in [1.165, 1.54) is 0 Å². The van der Waals surface area contributed by atoms with Gasteiger partial charge in [0.2, 0.25) is 0 Å². The van der Waals surface area contributed by atoms with Crippen molar-refractivity contribution in [3.8, 4) is 0 Å². The van der Waals surface area contributed by atoms with Crippen LogP contribution in [0.1, 0.15) is 56.8 Å². The first-order valence-electron chi connectivity index (χ1n) is 8.12. The molecule has 0 bridgehead atoms. The molecule has 1 aliphatic rings. The molecule has 1 amide bonds. The minimum Gasteiger partial charge on any atom is -0.383 e. The van der Waals surface area contributed by atoms with Crippen molar-refractivity contribution in [1.82, 2.24) is 9.88 Å². The molecule has 4 heteroatoms. The van der Waals surface area contributed by atoms with Crippen molar-refractivity contribution in [2.45, 2.75) is 52.5 Å². The van der Waals surface area contributed by atoms with Gasteiger partial charge in [0, 0.05) is 25.3 Å². The number of aromatic nitrogens is 1. The van der Waals surface area contributed by atoms with Crippen LogP contribution in [0.25, 0.3) is 0 Å². The third-order valence-electron chi connectivity index (χ3n) is 3.81. The molecule has 1 aromatic heterocycles. The molecule has 0 radical (unpaired) electrons. The third kappa shape index (κ3) is 4.45. The lowest BCUT2D eigenvalue weighted by atomic mass is 10.1. The van der Waals surface area contributed by atoms with Crippen LogP contribution >= 0.6 is 0 Å². The summed E-state index contributed by atoms with van der Waals surface area (Å²) in [6, 6.07) is 2.29. The van der Waals surface area contributed by atoms with Crippen LogP contribution in [0.5, 0.6) is 0 Å². The molecule has 1 N–H and O–H groups in total. The average molecular weight is 289 g/mol. The predicted octanol–water partition coefficient (Wildman–Crippen LogP) is 3.55. The standard InChI is InChI=1S/C17H27N3O/c1-4-9-19-16-12-18-10-7-15(16)17(21)20(14-5-6-14)11-8-13(2)3/h7,10,12-14,19H,4-6,8-9,11H2,1-3H3. The van der Waals surface area contributed by atoms with E-state index in [2.05, 4.69) is 36.0 Å². The number of pyridine rings is 1. The fourth-order valence-electron chi connectivity index (χ4n) is 2.37. The fourth-order valence-corrected chi connectivity index (χ4v) is 2.37. The molecule has 0 spiro atoms. The molecular weight excluding hydrogens is 262 g/mol. The number of nitrogens with zero attached hydrogens (tertiary/aromatic N) is 2. The molecule has 1 saturated carbocycles. The van der Waals surface area contributed by atoms with Gasteiger partial charge >= 0.3 is 0 Å². The predicted molar refractivity (Wildman–Crippen MR) is 86.5 cm³/mol. The molecule has 4 nitrogen and oxygen atoms in total. The highest BCUT2D eigenvalue weighted by molar-refractivity contribution is 5.99. The molecular formula is C17H27N3O. The Morgan fingerprint density at radius 3 is 2.86 bits per heavy atom. The molecule has 0 aromatic carbocycles. The van der Waals surface area contributed by atoms with Crippen molar-refractivity contribution in [1.29, 1.82) is 0 Å². The normalized spacial score (nSPS) is 14.3. The molecule has 1 aromatic rings. The second-order valence-corrected chi connectivity index (χ2v) is 6.26. The quantitative estimate of drug-likeness (QED) is 0.796. The van der Waals surface area contributed by atoms with E-state index < -0.39 is 0 Å². The summed E-state index contributed by atoms with van der Waals surface area (Å²) in [5.74, 6) is 0.772. The summed E-state index contributed by atoms with van der Waals surface area (Å²) in [7, 11) is 0. The lowest BCUT2D eigenvalue weighted by Gasteiger charge is -2.24. The number of amides is 1. The van der Waals surface area contributed by atoms with Crippen LogP contribution in [0.3, 0.4) is 0 Å². The lowest BCUT2D eigenvalue weighted by molar-refractivity contribution is 0.0736. The van der Waals surface area contributed by atoms with E-state index >= 15 is 0 Å².